The maximum absolute atomic E-state index is 12.7. The molecule has 1 aliphatic rings. The summed E-state index contributed by atoms with van der Waals surface area (Å²) in [4.78, 5) is 26.3. The first-order valence-corrected chi connectivity index (χ1v) is 10.5. The summed E-state index contributed by atoms with van der Waals surface area (Å²) in [5.74, 6) is 0.181. The second kappa shape index (κ2) is 8.65. The molecular formula is C25H24N2O4. The number of amides is 1. The fraction of sp³-hybridized carbons (Fsp3) is 0.320. The number of benzene rings is 2. The van der Waals surface area contributed by atoms with Crippen LogP contribution in [0.25, 0.3) is 22.1 Å². The van der Waals surface area contributed by atoms with Gasteiger partial charge in [-0.15, -0.1) is 0 Å². The van der Waals surface area contributed by atoms with Gasteiger partial charge in [-0.3, -0.25) is 4.79 Å². The van der Waals surface area contributed by atoms with E-state index in [0.29, 0.717) is 24.2 Å². The Labute approximate surface area is 180 Å². The van der Waals surface area contributed by atoms with E-state index in [0.717, 1.165) is 35.8 Å². The molecular weight excluding hydrogens is 392 g/mol. The molecule has 0 atom stereocenters. The Morgan fingerprint density at radius 2 is 1.87 bits per heavy atom. The number of nitrogens with zero attached hydrogens (tertiary/aromatic N) is 2. The highest BCUT2D eigenvalue weighted by Crippen LogP contribution is 2.33. The molecule has 0 N–H and O–H groups in total. The Morgan fingerprint density at radius 1 is 1.13 bits per heavy atom. The van der Waals surface area contributed by atoms with Crippen molar-refractivity contribution in [3.8, 4) is 22.9 Å². The lowest BCUT2D eigenvalue weighted by molar-refractivity contribution is -0.137. The van der Waals surface area contributed by atoms with E-state index in [2.05, 4.69) is 6.07 Å². The second-order valence-electron chi connectivity index (χ2n) is 7.95. The lowest BCUT2D eigenvalue weighted by Crippen LogP contribution is -2.51. The molecule has 0 unspecified atom stereocenters. The lowest BCUT2D eigenvalue weighted by Gasteiger charge is -2.38. The number of likely N-dealkylation sites (N-methyl/N-ethyl adjacent to an activating group) is 1. The third-order valence-electron chi connectivity index (χ3n) is 6.07. The van der Waals surface area contributed by atoms with Crippen molar-refractivity contribution in [2.24, 2.45) is 0 Å². The molecule has 31 heavy (non-hydrogen) atoms. The maximum Gasteiger partial charge on any atom is 0.336 e. The Balaban J connectivity index is 1.54. The Morgan fingerprint density at radius 3 is 2.58 bits per heavy atom. The van der Waals surface area contributed by atoms with Gasteiger partial charge in [0.2, 0.25) is 0 Å². The lowest BCUT2D eigenvalue weighted by atomic mass is 9.81. The van der Waals surface area contributed by atoms with Gasteiger partial charge in [0.25, 0.3) is 5.91 Å². The third-order valence-corrected chi connectivity index (χ3v) is 6.07. The molecule has 1 saturated carbocycles. The standard InChI is InChI=1S/C25H24N2O4/c1-27(25(17-26)12-6-3-7-13-25)23(28)16-30-19-10-11-20-21(18-8-4-2-5-9-18)15-24(29)31-22(20)14-19/h2,4-5,8-11,14-15H,3,6-7,12-13,16H2,1H3. The van der Waals surface area contributed by atoms with Gasteiger partial charge in [0.15, 0.2) is 6.61 Å². The highest BCUT2D eigenvalue weighted by molar-refractivity contribution is 5.93. The van der Waals surface area contributed by atoms with E-state index in [9.17, 15) is 14.9 Å². The smallest absolute Gasteiger partial charge is 0.336 e. The van der Waals surface area contributed by atoms with Crippen molar-refractivity contribution in [3.05, 3.63) is 65.0 Å². The average molecular weight is 416 g/mol. The monoisotopic (exact) mass is 416 g/mol. The highest BCUT2D eigenvalue weighted by Gasteiger charge is 2.38. The van der Waals surface area contributed by atoms with Crippen molar-refractivity contribution in [2.45, 2.75) is 37.6 Å². The van der Waals surface area contributed by atoms with Crippen LogP contribution in [0.5, 0.6) is 5.75 Å². The van der Waals surface area contributed by atoms with Crippen LogP contribution in [-0.4, -0.2) is 30.0 Å². The molecule has 1 aliphatic carbocycles. The molecule has 0 aliphatic heterocycles. The van der Waals surface area contributed by atoms with Gasteiger partial charge in [-0.05, 0) is 36.1 Å². The minimum atomic E-state index is -0.751. The van der Waals surface area contributed by atoms with Crippen LogP contribution in [0.3, 0.4) is 0 Å². The summed E-state index contributed by atoms with van der Waals surface area (Å²) in [6, 6.07) is 18.6. The molecule has 1 amide bonds. The molecule has 1 aromatic heterocycles. The van der Waals surface area contributed by atoms with E-state index >= 15 is 0 Å². The number of fused-ring (bicyclic) bond motifs is 1. The molecule has 3 aromatic rings. The van der Waals surface area contributed by atoms with Gasteiger partial charge in [-0.25, -0.2) is 4.79 Å². The molecule has 2 aromatic carbocycles. The Hall–Kier alpha value is -3.59. The molecule has 4 rings (SSSR count). The van der Waals surface area contributed by atoms with Crippen LogP contribution >= 0.6 is 0 Å². The van der Waals surface area contributed by atoms with Gasteiger partial charge in [0.1, 0.15) is 16.9 Å². The topological polar surface area (TPSA) is 83.5 Å². The van der Waals surface area contributed by atoms with Crippen LogP contribution in [0.15, 0.2) is 63.8 Å². The molecule has 0 spiro atoms. The van der Waals surface area contributed by atoms with Crippen molar-refractivity contribution in [2.75, 3.05) is 13.7 Å². The van der Waals surface area contributed by atoms with Crippen LogP contribution < -0.4 is 10.4 Å². The van der Waals surface area contributed by atoms with Crippen LogP contribution in [0.2, 0.25) is 0 Å². The van der Waals surface area contributed by atoms with E-state index < -0.39 is 11.2 Å². The summed E-state index contributed by atoms with van der Waals surface area (Å²) in [6.45, 7) is -0.186. The molecule has 1 heterocycles. The quantitative estimate of drug-likeness (QED) is 0.571. The summed E-state index contributed by atoms with van der Waals surface area (Å²) in [5, 5.41) is 10.5. The first-order valence-electron chi connectivity index (χ1n) is 10.5. The zero-order valence-corrected chi connectivity index (χ0v) is 17.5. The van der Waals surface area contributed by atoms with Crippen molar-refractivity contribution in [1.82, 2.24) is 4.90 Å². The molecule has 1 fully saturated rings. The van der Waals surface area contributed by atoms with E-state index in [1.54, 1.807) is 19.2 Å². The number of hydrogen-bond donors (Lipinski definition) is 0. The van der Waals surface area contributed by atoms with E-state index in [-0.39, 0.29) is 12.5 Å². The number of rotatable bonds is 5. The summed E-state index contributed by atoms with van der Waals surface area (Å²) < 4.78 is 11.1. The number of nitriles is 1. The van der Waals surface area contributed by atoms with Gasteiger partial charge in [-0.1, -0.05) is 49.6 Å². The molecule has 0 radical (unpaired) electrons. The van der Waals surface area contributed by atoms with E-state index in [1.807, 2.05) is 36.4 Å². The summed E-state index contributed by atoms with van der Waals surface area (Å²) in [5.41, 5.74) is 0.889. The number of carbonyl (C=O) groups is 1. The van der Waals surface area contributed by atoms with Crippen molar-refractivity contribution in [1.29, 1.82) is 5.26 Å². The Kier molecular flexibility index (Phi) is 5.77. The molecule has 6 nitrogen and oxygen atoms in total. The first kappa shape index (κ1) is 20.7. The maximum atomic E-state index is 12.7. The van der Waals surface area contributed by atoms with Crippen molar-refractivity contribution in [3.63, 3.8) is 0 Å². The van der Waals surface area contributed by atoms with Crippen LogP contribution in [0.4, 0.5) is 0 Å². The molecule has 0 saturated heterocycles. The average Bonchev–Trinajstić information content (AvgIpc) is 2.82. The fourth-order valence-electron chi connectivity index (χ4n) is 4.23. The van der Waals surface area contributed by atoms with Crippen LogP contribution in [0, 0.1) is 11.3 Å². The minimum Gasteiger partial charge on any atom is -0.484 e. The van der Waals surface area contributed by atoms with Crippen LogP contribution in [0.1, 0.15) is 32.1 Å². The highest BCUT2D eigenvalue weighted by atomic mass is 16.5. The molecule has 158 valence electrons. The SMILES string of the molecule is CN(C(=O)COc1ccc2c(-c3ccccc3)cc(=O)oc2c1)C1(C#N)CCCCC1. The molecule has 6 heteroatoms. The summed E-state index contributed by atoms with van der Waals surface area (Å²) >= 11 is 0. The van der Waals surface area contributed by atoms with Gasteiger partial charge in [-0.2, -0.15) is 5.26 Å². The largest absolute Gasteiger partial charge is 0.484 e. The van der Waals surface area contributed by atoms with E-state index in [1.165, 1.54) is 11.0 Å². The van der Waals surface area contributed by atoms with Gasteiger partial charge >= 0.3 is 5.63 Å². The van der Waals surface area contributed by atoms with Gasteiger partial charge < -0.3 is 14.1 Å². The normalized spacial score (nSPS) is 15.2. The predicted octanol–water partition coefficient (Wildman–Crippen LogP) is 4.52. The minimum absolute atomic E-state index is 0.186. The zero-order valence-electron chi connectivity index (χ0n) is 17.5. The molecule has 0 bridgehead atoms. The number of hydrogen-bond acceptors (Lipinski definition) is 5. The Bertz CT molecular complexity index is 1190. The van der Waals surface area contributed by atoms with E-state index in [4.69, 9.17) is 9.15 Å². The fourth-order valence-corrected chi connectivity index (χ4v) is 4.23. The van der Waals surface area contributed by atoms with Crippen molar-refractivity contribution >= 4 is 16.9 Å². The zero-order chi connectivity index (χ0) is 21.8. The summed E-state index contributed by atoms with van der Waals surface area (Å²) in [7, 11) is 1.67. The second-order valence-corrected chi connectivity index (χ2v) is 7.95. The third kappa shape index (κ3) is 4.17. The predicted molar refractivity (Wildman–Crippen MR) is 118 cm³/mol. The van der Waals surface area contributed by atoms with Gasteiger partial charge in [0.05, 0.1) is 6.07 Å². The first-order chi connectivity index (χ1) is 15.0. The summed E-state index contributed by atoms with van der Waals surface area (Å²) in [6.07, 6.45) is 4.36. The number of ether oxygens (including phenoxy) is 1. The van der Waals surface area contributed by atoms with Crippen molar-refractivity contribution < 1.29 is 13.9 Å². The number of carbonyl (C=O) groups excluding carboxylic acids is 1. The van der Waals surface area contributed by atoms with Gasteiger partial charge in [0, 0.05) is 24.6 Å². The van der Waals surface area contributed by atoms with Crippen LogP contribution in [-0.2, 0) is 4.79 Å².